The lowest BCUT2D eigenvalue weighted by Gasteiger charge is -2.32. The minimum absolute atomic E-state index is 0.0658. The van der Waals surface area contributed by atoms with Crippen LogP contribution in [-0.2, 0) is 14.6 Å². The number of halogens is 2. The number of Topliss-reactive ketones (excluding diaryl/α,β-unsaturated/α-hetero) is 1. The third-order valence-corrected chi connectivity index (χ3v) is 12.2. The largest absolute Gasteiger partial charge is 0.369 e. The molecule has 7 nitrogen and oxygen atoms in total. The van der Waals surface area contributed by atoms with Crippen LogP contribution in [0.1, 0.15) is 69.4 Å². The summed E-state index contributed by atoms with van der Waals surface area (Å²) in [7, 11) is -2.98. The number of nitriles is 1. The highest BCUT2D eigenvalue weighted by molar-refractivity contribution is 7.91. The topological polar surface area (TPSA) is 94.4 Å². The molecule has 2 saturated heterocycles. The van der Waals surface area contributed by atoms with Crippen molar-refractivity contribution in [1.82, 2.24) is 4.98 Å². The third kappa shape index (κ3) is 6.14. The van der Waals surface area contributed by atoms with Crippen molar-refractivity contribution in [3.63, 3.8) is 0 Å². The molecule has 0 bridgehead atoms. The zero-order chi connectivity index (χ0) is 28.8. The van der Waals surface area contributed by atoms with Crippen molar-refractivity contribution in [1.29, 1.82) is 5.26 Å². The predicted octanol–water partition coefficient (Wildman–Crippen LogP) is 5.82. The number of carbonyl (C=O) groups excluding carboxylic acids is 1. The van der Waals surface area contributed by atoms with Crippen LogP contribution in [0.5, 0.6) is 0 Å². The van der Waals surface area contributed by atoms with Gasteiger partial charge in [0.05, 0.1) is 33.6 Å². The van der Waals surface area contributed by atoms with E-state index in [-0.39, 0.29) is 55.1 Å². The molecule has 2 atom stereocenters. The summed E-state index contributed by atoms with van der Waals surface area (Å²) in [5, 5.41) is 10.3. The van der Waals surface area contributed by atoms with Crippen LogP contribution in [0.4, 0.5) is 19.6 Å². The highest BCUT2D eigenvalue weighted by Gasteiger charge is 2.47. The van der Waals surface area contributed by atoms with Crippen molar-refractivity contribution in [2.45, 2.75) is 69.6 Å². The van der Waals surface area contributed by atoms with Crippen molar-refractivity contribution < 1.29 is 22.0 Å². The smallest absolute Gasteiger partial charge is 0.251 e. The molecule has 2 aliphatic heterocycles. The third-order valence-electron chi connectivity index (χ3n) is 9.38. The van der Waals surface area contributed by atoms with E-state index < -0.39 is 21.2 Å². The minimum Gasteiger partial charge on any atom is -0.369 e. The van der Waals surface area contributed by atoms with E-state index in [0.717, 1.165) is 65.5 Å². The number of anilines is 2. The molecule has 41 heavy (non-hydrogen) atoms. The fraction of sp³-hybridized carbons (Fsp3) is 0.633. The molecular weight excluding hydrogens is 566 g/mol. The number of nitrogens with zero attached hydrogens (tertiary/aromatic N) is 4. The fourth-order valence-electron chi connectivity index (χ4n) is 6.52. The highest BCUT2D eigenvalue weighted by Crippen LogP contribution is 2.52. The van der Waals surface area contributed by atoms with E-state index in [1.165, 1.54) is 11.3 Å². The van der Waals surface area contributed by atoms with Gasteiger partial charge in [-0.1, -0.05) is 36.3 Å². The average Bonchev–Trinajstić information content (AvgIpc) is 3.60. The molecule has 0 radical (unpaired) electrons. The molecule has 0 unspecified atom stereocenters. The Kier molecular flexibility index (Phi) is 7.60. The van der Waals surface area contributed by atoms with Crippen LogP contribution in [0.3, 0.4) is 0 Å². The number of ketones is 1. The molecule has 6 rings (SSSR count). The Balaban J connectivity index is 1.31. The second-order valence-electron chi connectivity index (χ2n) is 12.3. The lowest BCUT2D eigenvalue weighted by atomic mass is 9.73. The predicted molar refractivity (Wildman–Crippen MR) is 156 cm³/mol. The number of alkyl halides is 2. The minimum atomic E-state index is -2.98. The van der Waals surface area contributed by atoms with Gasteiger partial charge in [-0.2, -0.15) is 5.26 Å². The van der Waals surface area contributed by atoms with Crippen LogP contribution in [0.25, 0.3) is 10.4 Å². The number of hydrogen-bond acceptors (Lipinski definition) is 8. The summed E-state index contributed by atoms with van der Waals surface area (Å²) < 4.78 is 51.6. The lowest BCUT2D eigenvalue weighted by molar-refractivity contribution is -0.125. The second kappa shape index (κ2) is 10.9. The lowest BCUT2D eigenvalue weighted by Crippen LogP contribution is -2.40. The van der Waals surface area contributed by atoms with Crippen molar-refractivity contribution in [3.8, 4) is 16.5 Å². The molecule has 2 aliphatic carbocycles. The van der Waals surface area contributed by atoms with Crippen molar-refractivity contribution >= 4 is 37.8 Å². The fourth-order valence-corrected chi connectivity index (χ4v) is 8.92. The second-order valence-corrected chi connectivity index (χ2v) is 15.6. The summed E-state index contributed by atoms with van der Waals surface area (Å²) in [4.78, 5) is 23.7. The normalized spacial score (nSPS) is 26.8. The summed E-state index contributed by atoms with van der Waals surface area (Å²) in [5.74, 6) is -2.45. The number of sulfone groups is 1. The summed E-state index contributed by atoms with van der Waals surface area (Å²) in [5.41, 5.74) is 2.31. The van der Waals surface area contributed by atoms with Crippen molar-refractivity contribution in [2.24, 2.45) is 11.3 Å². The van der Waals surface area contributed by atoms with Gasteiger partial charge in [0.2, 0.25) is 0 Å². The Hall–Kier alpha value is -2.58. The zero-order valence-corrected chi connectivity index (χ0v) is 24.8. The molecule has 2 saturated carbocycles. The van der Waals surface area contributed by atoms with E-state index in [1.807, 2.05) is 29.2 Å². The van der Waals surface area contributed by atoms with E-state index in [2.05, 4.69) is 11.0 Å². The van der Waals surface area contributed by atoms with Crippen molar-refractivity contribution in [3.05, 3.63) is 30.0 Å². The van der Waals surface area contributed by atoms with Gasteiger partial charge < -0.3 is 9.80 Å². The molecule has 11 heteroatoms. The number of thiazole rings is 1. The monoisotopic (exact) mass is 602 g/mol. The molecule has 2 aromatic rings. The average molecular weight is 603 g/mol. The van der Waals surface area contributed by atoms with Gasteiger partial charge in [-0.05, 0) is 43.4 Å². The molecule has 4 aliphatic rings. The van der Waals surface area contributed by atoms with Gasteiger partial charge in [0.1, 0.15) is 5.78 Å². The molecule has 1 aromatic carbocycles. The van der Waals surface area contributed by atoms with E-state index in [0.29, 0.717) is 19.5 Å². The first-order chi connectivity index (χ1) is 19.6. The van der Waals surface area contributed by atoms with E-state index in [1.54, 1.807) is 0 Å². The van der Waals surface area contributed by atoms with Crippen LogP contribution in [0, 0.1) is 22.7 Å². The maximum absolute atomic E-state index is 13.9. The maximum Gasteiger partial charge on any atom is 0.251 e. The van der Waals surface area contributed by atoms with Gasteiger partial charge in [-0.3, -0.25) is 4.79 Å². The molecule has 220 valence electrons. The quantitative estimate of drug-likeness (QED) is 0.394. The SMILES string of the molecule is N#CC1(CC(=O)[C@@H]2CCCC[C@H]2c2nc(N3CCC(F)(F)CC3)sc2-c2ccc(N3CCS(=O)(=O)CC3)cc2)CC1. The summed E-state index contributed by atoms with van der Waals surface area (Å²) in [6, 6.07) is 10.4. The summed E-state index contributed by atoms with van der Waals surface area (Å²) in [6.07, 6.45) is 5.07. The Labute approximate surface area is 244 Å². The molecule has 3 heterocycles. The first kappa shape index (κ1) is 28.5. The van der Waals surface area contributed by atoms with Gasteiger partial charge in [-0.15, -0.1) is 0 Å². The molecule has 0 N–H and O–H groups in total. The summed E-state index contributed by atoms with van der Waals surface area (Å²) >= 11 is 1.51. The highest BCUT2D eigenvalue weighted by atomic mass is 32.2. The van der Waals surface area contributed by atoms with E-state index in [9.17, 15) is 27.3 Å². The van der Waals surface area contributed by atoms with E-state index in [4.69, 9.17) is 4.98 Å². The Morgan fingerprint density at radius 3 is 2.29 bits per heavy atom. The molecular formula is C30H36F2N4O3S2. The van der Waals surface area contributed by atoms with Gasteiger partial charge in [0.15, 0.2) is 15.0 Å². The van der Waals surface area contributed by atoms with Crippen LogP contribution >= 0.6 is 11.3 Å². The first-order valence-electron chi connectivity index (χ1n) is 14.7. The number of hydrogen-bond donors (Lipinski definition) is 0. The van der Waals surface area contributed by atoms with Crippen molar-refractivity contribution in [2.75, 3.05) is 47.5 Å². The maximum atomic E-state index is 13.9. The number of carbonyl (C=O) groups is 1. The number of aromatic nitrogens is 1. The van der Waals surface area contributed by atoms with E-state index >= 15 is 0 Å². The van der Waals surface area contributed by atoms with Crippen LogP contribution in [-0.4, -0.2) is 62.8 Å². The number of piperidine rings is 1. The molecule has 0 spiro atoms. The van der Waals surface area contributed by atoms with Gasteiger partial charge >= 0.3 is 0 Å². The zero-order valence-electron chi connectivity index (χ0n) is 23.2. The van der Waals surface area contributed by atoms with Gasteiger partial charge in [0, 0.05) is 63.0 Å². The Morgan fingerprint density at radius 2 is 1.66 bits per heavy atom. The molecule has 1 aromatic heterocycles. The van der Waals surface area contributed by atoms with Gasteiger partial charge in [0.25, 0.3) is 5.92 Å². The van der Waals surface area contributed by atoms with Crippen LogP contribution in [0.2, 0.25) is 0 Å². The number of benzene rings is 1. The molecule has 4 fully saturated rings. The Bertz CT molecular complexity index is 1420. The summed E-state index contributed by atoms with van der Waals surface area (Å²) in [6.45, 7) is 1.42. The standard InChI is InChI=1S/C30H36F2N4O3S2/c31-30(32)11-13-36(14-12-30)28-34-26(24-4-2-1-3-23(24)25(37)19-29(20-33)9-10-29)27(40-28)21-5-7-22(8-6-21)35-15-17-41(38,39)18-16-35/h5-8,23-24H,1-4,9-19H2/t23-,24-/m1/s1. The van der Waals surface area contributed by atoms with Crippen LogP contribution in [0.15, 0.2) is 24.3 Å². The molecule has 0 amide bonds. The first-order valence-corrected chi connectivity index (χ1v) is 17.3. The van der Waals surface area contributed by atoms with Gasteiger partial charge in [-0.25, -0.2) is 22.2 Å². The Morgan fingerprint density at radius 1 is 1.00 bits per heavy atom. The van der Waals surface area contributed by atoms with Crippen LogP contribution < -0.4 is 9.80 Å². The number of rotatable bonds is 7.